The van der Waals surface area contributed by atoms with Gasteiger partial charge in [0.25, 0.3) is 0 Å². The number of carboxylic acid groups (broad SMARTS) is 1. The fraction of sp³-hybridized carbons (Fsp3) is 0.448. The average molecular weight is 584 g/mol. The second-order valence-corrected chi connectivity index (χ2v) is 12.0. The number of likely N-dealkylation sites (N-methyl/N-ethyl adjacent to an activating group) is 1. The monoisotopic (exact) mass is 582 g/mol. The van der Waals surface area contributed by atoms with Crippen LogP contribution in [0.5, 0.6) is 11.6 Å². The van der Waals surface area contributed by atoms with E-state index in [-0.39, 0.29) is 12.3 Å². The predicted octanol–water partition coefficient (Wildman–Crippen LogP) is 5.07. The Hall–Kier alpha value is -2.98. The Labute approximate surface area is 243 Å². The topological polar surface area (TPSA) is 94.9 Å². The molecule has 0 aliphatic carbocycles. The largest absolute Gasteiger partial charge is 0.481 e. The maximum atomic E-state index is 11.1. The molecule has 0 unspecified atom stereocenters. The van der Waals surface area contributed by atoms with E-state index in [4.69, 9.17) is 38.0 Å². The number of nitrogens with zero attached hydrogens (tertiary/aromatic N) is 6. The minimum absolute atomic E-state index is 0.230. The molecule has 3 aliphatic rings. The molecule has 3 aliphatic heterocycles. The highest BCUT2D eigenvalue weighted by Gasteiger charge is 2.44. The van der Waals surface area contributed by atoms with Gasteiger partial charge in [0.1, 0.15) is 0 Å². The standard InChI is InChI=1S/C29H32Cl2N6O3/c1-35-15-21-16-37(17-26(21)35)29-32-12-24(13-33-29)40-27-7-19(14-36-4-2-18(3-5-36)8-28(38)39)6-25(34-27)20-9-22(30)11-23(31)10-20/h6-7,9-13,18,21,26H,2-5,8,14-17H2,1H3,(H,38,39)/t21-,26+/m1/s1. The van der Waals surface area contributed by atoms with Crippen molar-refractivity contribution in [3.8, 4) is 22.9 Å². The van der Waals surface area contributed by atoms with Crippen LogP contribution in [0.2, 0.25) is 10.0 Å². The van der Waals surface area contributed by atoms with Crippen LogP contribution in [0.1, 0.15) is 24.8 Å². The highest BCUT2D eigenvalue weighted by Crippen LogP contribution is 2.34. The zero-order valence-electron chi connectivity index (χ0n) is 22.3. The molecule has 2 aromatic heterocycles. The minimum atomic E-state index is -0.726. The molecule has 0 amide bonds. The van der Waals surface area contributed by atoms with E-state index in [0.717, 1.165) is 62.6 Å². The van der Waals surface area contributed by atoms with Gasteiger partial charge in [0, 0.05) is 66.2 Å². The van der Waals surface area contributed by atoms with Gasteiger partial charge in [-0.3, -0.25) is 9.69 Å². The van der Waals surface area contributed by atoms with Crippen LogP contribution in [0.15, 0.2) is 42.7 Å². The Morgan fingerprint density at radius 2 is 1.75 bits per heavy atom. The third kappa shape index (κ3) is 6.17. The molecule has 0 radical (unpaired) electrons. The van der Waals surface area contributed by atoms with Crippen molar-refractivity contribution in [2.45, 2.75) is 31.8 Å². The third-order valence-electron chi connectivity index (χ3n) is 8.21. The number of carbonyl (C=O) groups is 1. The van der Waals surface area contributed by atoms with Crippen molar-refractivity contribution in [3.63, 3.8) is 0 Å². The van der Waals surface area contributed by atoms with Gasteiger partial charge in [0.05, 0.1) is 18.1 Å². The van der Waals surface area contributed by atoms with Crippen molar-refractivity contribution in [1.82, 2.24) is 24.8 Å². The summed E-state index contributed by atoms with van der Waals surface area (Å²) < 4.78 is 6.17. The summed E-state index contributed by atoms with van der Waals surface area (Å²) in [6.07, 6.45) is 5.37. The molecule has 3 aromatic rings. The van der Waals surface area contributed by atoms with Gasteiger partial charge in [-0.2, -0.15) is 0 Å². The molecule has 3 saturated heterocycles. The van der Waals surface area contributed by atoms with Crippen molar-refractivity contribution in [2.24, 2.45) is 11.8 Å². The van der Waals surface area contributed by atoms with Gasteiger partial charge in [-0.15, -0.1) is 0 Å². The minimum Gasteiger partial charge on any atom is -0.481 e. The summed E-state index contributed by atoms with van der Waals surface area (Å²) in [7, 11) is 2.16. The maximum Gasteiger partial charge on any atom is 0.303 e. The summed E-state index contributed by atoms with van der Waals surface area (Å²) in [5.41, 5.74) is 2.53. The van der Waals surface area contributed by atoms with Crippen LogP contribution < -0.4 is 9.64 Å². The molecule has 2 atom stereocenters. The van der Waals surface area contributed by atoms with Crippen LogP contribution in [-0.2, 0) is 11.3 Å². The fourth-order valence-corrected chi connectivity index (χ4v) is 6.64. The van der Waals surface area contributed by atoms with Gasteiger partial charge in [-0.1, -0.05) is 23.2 Å². The smallest absolute Gasteiger partial charge is 0.303 e. The zero-order valence-corrected chi connectivity index (χ0v) is 23.9. The van der Waals surface area contributed by atoms with E-state index in [1.54, 1.807) is 18.5 Å². The number of hydrogen-bond acceptors (Lipinski definition) is 8. The molecule has 11 heteroatoms. The number of benzene rings is 1. The number of hydrogen-bond donors (Lipinski definition) is 1. The summed E-state index contributed by atoms with van der Waals surface area (Å²) in [5.74, 6) is 1.86. The Balaban J connectivity index is 1.20. The third-order valence-corrected chi connectivity index (χ3v) is 8.65. The Morgan fingerprint density at radius 3 is 2.40 bits per heavy atom. The lowest BCUT2D eigenvalue weighted by Gasteiger charge is -2.40. The number of ether oxygens (including phenoxy) is 1. The Kier molecular flexibility index (Phi) is 7.81. The quantitative estimate of drug-likeness (QED) is 0.390. The van der Waals surface area contributed by atoms with Gasteiger partial charge < -0.3 is 19.6 Å². The van der Waals surface area contributed by atoms with Crippen molar-refractivity contribution in [2.75, 3.05) is 44.7 Å². The molecule has 40 heavy (non-hydrogen) atoms. The summed E-state index contributed by atoms with van der Waals surface area (Å²) in [6, 6.07) is 9.90. The zero-order chi connectivity index (χ0) is 27.8. The number of anilines is 1. The number of fused-ring (bicyclic) bond motifs is 1. The molecular weight excluding hydrogens is 551 g/mol. The average Bonchev–Trinajstić information content (AvgIpc) is 3.26. The number of rotatable bonds is 8. The Morgan fingerprint density at radius 1 is 1.02 bits per heavy atom. The van der Waals surface area contributed by atoms with Gasteiger partial charge in [0.15, 0.2) is 5.75 Å². The number of halogens is 2. The highest BCUT2D eigenvalue weighted by atomic mass is 35.5. The molecule has 5 heterocycles. The summed E-state index contributed by atoms with van der Waals surface area (Å²) in [5, 5.41) is 10.2. The highest BCUT2D eigenvalue weighted by molar-refractivity contribution is 6.35. The Bertz CT molecular complexity index is 1360. The first kappa shape index (κ1) is 27.2. The van der Waals surface area contributed by atoms with E-state index < -0.39 is 5.97 Å². The maximum absolute atomic E-state index is 11.1. The second kappa shape index (κ2) is 11.5. The first-order valence-electron chi connectivity index (χ1n) is 13.7. The van der Waals surface area contributed by atoms with Gasteiger partial charge in [-0.05, 0) is 68.7 Å². The molecular formula is C29H32Cl2N6O3. The number of aromatic nitrogens is 3. The summed E-state index contributed by atoms with van der Waals surface area (Å²) >= 11 is 12.6. The lowest BCUT2D eigenvalue weighted by atomic mass is 9.93. The van der Waals surface area contributed by atoms with E-state index in [1.165, 1.54) is 0 Å². The van der Waals surface area contributed by atoms with Crippen LogP contribution in [0.3, 0.4) is 0 Å². The molecule has 0 spiro atoms. The normalized spacial score (nSPS) is 21.7. The van der Waals surface area contributed by atoms with Crippen LogP contribution in [0.25, 0.3) is 11.3 Å². The lowest BCUT2D eigenvalue weighted by molar-refractivity contribution is -0.138. The molecule has 1 aromatic carbocycles. The van der Waals surface area contributed by atoms with Crippen molar-refractivity contribution < 1.29 is 14.6 Å². The van der Waals surface area contributed by atoms with E-state index in [1.807, 2.05) is 24.3 Å². The number of piperidine rings is 1. The van der Waals surface area contributed by atoms with Crippen LogP contribution >= 0.6 is 23.2 Å². The first-order chi connectivity index (χ1) is 19.3. The number of likely N-dealkylation sites (tertiary alicyclic amines) is 2. The van der Waals surface area contributed by atoms with Gasteiger partial charge >= 0.3 is 5.97 Å². The fourth-order valence-electron chi connectivity index (χ4n) is 6.12. The molecule has 9 nitrogen and oxygen atoms in total. The van der Waals surface area contributed by atoms with Crippen molar-refractivity contribution in [1.29, 1.82) is 0 Å². The molecule has 3 fully saturated rings. The molecule has 0 bridgehead atoms. The molecule has 210 valence electrons. The van der Waals surface area contributed by atoms with Crippen LogP contribution in [-0.4, -0.2) is 81.6 Å². The summed E-state index contributed by atoms with van der Waals surface area (Å²) in [4.78, 5) is 32.0. The van der Waals surface area contributed by atoms with Gasteiger partial charge in [0.2, 0.25) is 11.8 Å². The van der Waals surface area contributed by atoms with Gasteiger partial charge in [-0.25, -0.2) is 15.0 Å². The molecule has 1 N–H and O–H groups in total. The molecule has 0 saturated carbocycles. The van der Waals surface area contributed by atoms with Crippen molar-refractivity contribution in [3.05, 3.63) is 58.3 Å². The SMILES string of the molecule is CN1C[C@@H]2CN(c3ncc(Oc4cc(CN5CCC(CC(=O)O)CC5)cc(-c5cc(Cl)cc(Cl)c5)n4)cn3)C[C@@H]21. The van der Waals surface area contributed by atoms with E-state index in [2.05, 4.69) is 31.7 Å². The number of carboxylic acids is 1. The van der Waals surface area contributed by atoms with E-state index in [9.17, 15) is 4.79 Å². The van der Waals surface area contributed by atoms with Crippen LogP contribution in [0.4, 0.5) is 5.95 Å². The predicted molar refractivity (Wildman–Crippen MR) is 154 cm³/mol. The second-order valence-electron chi connectivity index (χ2n) is 11.2. The lowest BCUT2D eigenvalue weighted by Crippen LogP contribution is -2.52. The summed E-state index contributed by atoms with van der Waals surface area (Å²) in [6.45, 7) is 5.45. The van der Waals surface area contributed by atoms with E-state index in [0.29, 0.717) is 45.9 Å². The first-order valence-corrected chi connectivity index (χ1v) is 14.4. The molecule has 6 rings (SSSR count). The van der Waals surface area contributed by atoms with E-state index >= 15 is 0 Å². The number of pyridine rings is 1. The van der Waals surface area contributed by atoms with Crippen LogP contribution in [0, 0.1) is 11.8 Å². The number of aliphatic carboxylic acids is 1. The van der Waals surface area contributed by atoms with Crippen molar-refractivity contribution >= 4 is 35.1 Å².